The summed E-state index contributed by atoms with van der Waals surface area (Å²) in [5, 5.41) is 20.3. The Morgan fingerprint density at radius 3 is 2.30 bits per heavy atom. The highest BCUT2D eigenvalue weighted by atomic mass is 16.5. The zero-order valence-corrected chi connectivity index (χ0v) is 14.4. The fourth-order valence-electron chi connectivity index (χ4n) is 2.10. The molecule has 0 saturated heterocycles. The number of carbonyl (C=O) groups is 2. The number of methoxy groups -OCH3 is 1. The van der Waals surface area contributed by atoms with Crippen LogP contribution >= 0.6 is 0 Å². The lowest BCUT2D eigenvalue weighted by molar-refractivity contribution is -0.112. The Balaban J connectivity index is 2.09. The van der Waals surface area contributed by atoms with E-state index in [1.807, 2.05) is 12.1 Å². The molecule has 0 heterocycles. The maximum Gasteiger partial charge on any atom is 0.337 e. The van der Waals surface area contributed by atoms with Gasteiger partial charge in [0, 0.05) is 5.69 Å². The molecule has 0 atom stereocenters. The molecular weight excluding hydrogens is 346 g/mol. The van der Waals surface area contributed by atoms with Gasteiger partial charge in [-0.3, -0.25) is 4.79 Å². The predicted molar refractivity (Wildman–Crippen MR) is 97.6 cm³/mol. The number of benzene rings is 2. The van der Waals surface area contributed by atoms with Crippen molar-refractivity contribution < 1.29 is 19.1 Å². The van der Waals surface area contributed by atoms with Gasteiger partial charge in [0.15, 0.2) is 6.61 Å². The molecule has 7 heteroatoms. The maximum absolute atomic E-state index is 12.3. The summed E-state index contributed by atoms with van der Waals surface area (Å²) in [7, 11) is 1.28. The Morgan fingerprint density at radius 2 is 1.74 bits per heavy atom. The van der Waals surface area contributed by atoms with Crippen LogP contribution in [-0.2, 0) is 9.53 Å². The Hall–Kier alpha value is -4.10. The van der Waals surface area contributed by atoms with E-state index in [0.717, 1.165) is 0 Å². The molecule has 134 valence electrons. The first-order valence-electron chi connectivity index (χ1n) is 7.78. The van der Waals surface area contributed by atoms with E-state index in [1.165, 1.54) is 25.3 Å². The van der Waals surface area contributed by atoms with E-state index in [4.69, 9.17) is 10.00 Å². The van der Waals surface area contributed by atoms with Crippen LogP contribution in [0.15, 0.2) is 54.1 Å². The smallest absolute Gasteiger partial charge is 0.337 e. The number of ether oxygens (including phenoxy) is 2. The zero-order valence-electron chi connectivity index (χ0n) is 14.4. The van der Waals surface area contributed by atoms with Crippen LogP contribution in [-0.4, -0.2) is 25.6 Å². The Labute approximate surface area is 156 Å². The van der Waals surface area contributed by atoms with Crippen LogP contribution in [0.2, 0.25) is 0 Å². The third-order valence-electron chi connectivity index (χ3n) is 3.42. The molecule has 2 aromatic rings. The Kier molecular flexibility index (Phi) is 6.69. The summed E-state index contributed by atoms with van der Waals surface area (Å²) in [6.07, 6.45) is 1.44. The van der Waals surface area contributed by atoms with Crippen molar-refractivity contribution in [1.29, 1.82) is 10.5 Å². The second-order valence-corrected chi connectivity index (χ2v) is 5.21. The van der Waals surface area contributed by atoms with Crippen molar-refractivity contribution in [2.45, 2.75) is 0 Å². The summed E-state index contributed by atoms with van der Waals surface area (Å²) in [6.45, 7) is -0.0597. The van der Waals surface area contributed by atoms with E-state index in [9.17, 15) is 14.9 Å². The van der Waals surface area contributed by atoms with E-state index >= 15 is 0 Å². The lowest BCUT2D eigenvalue weighted by atomic mass is 10.1. The summed E-state index contributed by atoms with van der Waals surface area (Å²) >= 11 is 0. The first kappa shape index (κ1) is 19.2. The topological polar surface area (TPSA) is 112 Å². The Morgan fingerprint density at radius 1 is 1.07 bits per heavy atom. The van der Waals surface area contributed by atoms with Gasteiger partial charge in [0.25, 0.3) is 5.91 Å². The van der Waals surface area contributed by atoms with Gasteiger partial charge < -0.3 is 14.8 Å². The van der Waals surface area contributed by atoms with Crippen molar-refractivity contribution in [3.63, 3.8) is 0 Å². The number of carbonyl (C=O) groups excluding carboxylic acids is 2. The van der Waals surface area contributed by atoms with Crippen molar-refractivity contribution in [2.24, 2.45) is 0 Å². The van der Waals surface area contributed by atoms with E-state index in [1.54, 1.807) is 36.4 Å². The third kappa shape index (κ3) is 5.45. The van der Waals surface area contributed by atoms with Gasteiger partial charge in [-0.05, 0) is 48.0 Å². The largest absolute Gasteiger partial charge is 0.479 e. The molecule has 0 aliphatic heterocycles. The van der Waals surface area contributed by atoms with E-state index in [0.29, 0.717) is 22.6 Å². The van der Waals surface area contributed by atoms with Gasteiger partial charge >= 0.3 is 5.97 Å². The maximum atomic E-state index is 12.3. The second kappa shape index (κ2) is 9.40. The van der Waals surface area contributed by atoms with E-state index < -0.39 is 11.9 Å². The molecule has 0 unspecified atom stereocenters. The van der Waals surface area contributed by atoms with Gasteiger partial charge in [0.05, 0.1) is 12.7 Å². The number of anilines is 1. The summed E-state index contributed by atoms with van der Waals surface area (Å²) < 4.78 is 9.75. The van der Waals surface area contributed by atoms with Crippen LogP contribution in [0, 0.1) is 22.7 Å². The molecule has 0 saturated carbocycles. The number of nitrogens with zero attached hydrogens (tertiary/aromatic N) is 2. The number of nitriles is 2. The molecule has 0 aliphatic carbocycles. The lowest BCUT2D eigenvalue weighted by Crippen LogP contribution is -2.13. The number of esters is 1. The molecule has 7 nitrogen and oxygen atoms in total. The number of rotatable bonds is 6. The van der Waals surface area contributed by atoms with Gasteiger partial charge in [-0.15, -0.1) is 0 Å². The highest BCUT2D eigenvalue weighted by Gasteiger charge is 2.11. The number of nitrogens with one attached hydrogen (secondary N) is 1. The van der Waals surface area contributed by atoms with Gasteiger partial charge in [0.2, 0.25) is 0 Å². The molecule has 0 spiro atoms. The van der Waals surface area contributed by atoms with Crippen LogP contribution in [0.25, 0.3) is 6.08 Å². The highest BCUT2D eigenvalue weighted by molar-refractivity contribution is 6.09. The van der Waals surface area contributed by atoms with Crippen molar-refractivity contribution in [3.8, 4) is 17.9 Å². The van der Waals surface area contributed by atoms with E-state index in [-0.39, 0.29) is 12.2 Å². The fourth-order valence-corrected chi connectivity index (χ4v) is 2.10. The van der Waals surface area contributed by atoms with Crippen LogP contribution in [0.5, 0.6) is 5.75 Å². The molecule has 0 radical (unpaired) electrons. The number of hydrogen-bond acceptors (Lipinski definition) is 6. The minimum Gasteiger partial charge on any atom is -0.479 e. The van der Waals surface area contributed by atoms with Gasteiger partial charge in [-0.25, -0.2) is 4.79 Å². The fraction of sp³-hybridized carbons (Fsp3) is 0.100. The van der Waals surface area contributed by atoms with Crippen LogP contribution < -0.4 is 10.1 Å². The average molecular weight is 361 g/mol. The van der Waals surface area contributed by atoms with Crippen molar-refractivity contribution in [3.05, 3.63) is 65.2 Å². The van der Waals surface area contributed by atoms with Crippen LogP contribution in [0.3, 0.4) is 0 Å². The first-order chi connectivity index (χ1) is 13.1. The highest BCUT2D eigenvalue weighted by Crippen LogP contribution is 2.16. The molecule has 2 aromatic carbocycles. The van der Waals surface area contributed by atoms with Gasteiger partial charge in [-0.2, -0.15) is 10.5 Å². The van der Waals surface area contributed by atoms with Crippen molar-refractivity contribution >= 4 is 23.6 Å². The molecule has 0 fully saturated rings. The number of amides is 1. The quantitative estimate of drug-likeness (QED) is 0.481. The zero-order chi connectivity index (χ0) is 19.6. The van der Waals surface area contributed by atoms with Crippen LogP contribution in [0.1, 0.15) is 15.9 Å². The molecular formula is C20H15N3O4. The average Bonchev–Trinajstić information content (AvgIpc) is 2.71. The Bertz CT molecular complexity index is 933. The third-order valence-corrected chi connectivity index (χ3v) is 3.42. The first-order valence-corrected chi connectivity index (χ1v) is 7.78. The SMILES string of the molecule is COC(=O)c1ccc(NC(=O)/C(C#N)=C/c2ccc(OCC#N)cc2)cc1. The molecule has 1 N–H and O–H groups in total. The second-order valence-electron chi connectivity index (χ2n) is 5.21. The summed E-state index contributed by atoms with van der Waals surface area (Å²) in [5.74, 6) is -0.539. The van der Waals surface area contributed by atoms with Gasteiger partial charge in [-0.1, -0.05) is 12.1 Å². The monoisotopic (exact) mass is 361 g/mol. The van der Waals surface area contributed by atoms with Crippen molar-refractivity contribution in [2.75, 3.05) is 19.0 Å². The summed E-state index contributed by atoms with van der Waals surface area (Å²) in [6, 6.07) is 16.5. The molecule has 2 rings (SSSR count). The van der Waals surface area contributed by atoms with Gasteiger partial charge in [0.1, 0.15) is 23.5 Å². The summed E-state index contributed by atoms with van der Waals surface area (Å²) in [5.41, 5.74) is 1.34. The molecule has 0 bridgehead atoms. The molecule has 0 aromatic heterocycles. The summed E-state index contributed by atoms with van der Waals surface area (Å²) in [4.78, 5) is 23.7. The standard InChI is InChI=1S/C20H15N3O4/c1-26-20(25)15-4-6-17(7-5-15)23-19(24)16(13-22)12-14-2-8-18(9-3-14)27-11-10-21/h2-9,12H,11H2,1H3,(H,23,24)/b16-12+. The predicted octanol–water partition coefficient (Wildman–Crippen LogP) is 2.92. The van der Waals surface area contributed by atoms with E-state index in [2.05, 4.69) is 10.1 Å². The molecule has 27 heavy (non-hydrogen) atoms. The minimum atomic E-state index is -0.576. The number of hydrogen-bond donors (Lipinski definition) is 1. The molecule has 0 aliphatic rings. The molecule has 1 amide bonds. The van der Waals surface area contributed by atoms with Crippen LogP contribution in [0.4, 0.5) is 5.69 Å². The van der Waals surface area contributed by atoms with Crippen molar-refractivity contribution in [1.82, 2.24) is 0 Å². The lowest BCUT2D eigenvalue weighted by Gasteiger charge is -2.06. The normalized spacial score (nSPS) is 10.3. The minimum absolute atomic E-state index is 0.0597.